The summed E-state index contributed by atoms with van der Waals surface area (Å²) in [7, 11) is 0. The highest BCUT2D eigenvalue weighted by atomic mass is 19.2. The molecule has 0 spiro atoms. The van der Waals surface area contributed by atoms with Gasteiger partial charge in [-0.3, -0.25) is 9.59 Å². The molecule has 0 radical (unpaired) electrons. The van der Waals surface area contributed by atoms with E-state index >= 15 is 0 Å². The van der Waals surface area contributed by atoms with Gasteiger partial charge in [0.25, 0.3) is 5.91 Å². The van der Waals surface area contributed by atoms with Crippen LogP contribution in [-0.2, 0) is 11.2 Å². The summed E-state index contributed by atoms with van der Waals surface area (Å²) >= 11 is 0. The standard InChI is InChI=1S/C20H22F2N4O3/c1-12(27)25-6-4-14(5-7-25)19-23-18(29-24-19)8-13-10-26(11-13)20(28)15-2-3-16(21)17(22)9-15/h2-3,9,13-14H,4-8,10-11H2,1H3. The molecule has 0 atom stereocenters. The number of nitrogens with zero attached hydrogens (tertiary/aromatic N) is 4. The molecular weight excluding hydrogens is 382 g/mol. The molecule has 0 bridgehead atoms. The Morgan fingerprint density at radius 2 is 1.86 bits per heavy atom. The molecule has 2 saturated heterocycles. The van der Waals surface area contributed by atoms with Gasteiger partial charge in [0, 0.05) is 56.9 Å². The molecule has 9 heteroatoms. The monoisotopic (exact) mass is 404 g/mol. The molecule has 2 fully saturated rings. The summed E-state index contributed by atoms with van der Waals surface area (Å²) in [6, 6.07) is 3.17. The third-order valence-corrected chi connectivity index (χ3v) is 5.66. The zero-order valence-electron chi connectivity index (χ0n) is 16.1. The lowest BCUT2D eigenvalue weighted by atomic mass is 9.94. The second-order valence-corrected chi connectivity index (χ2v) is 7.74. The smallest absolute Gasteiger partial charge is 0.253 e. The predicted octanol–water partition coefficient (Wildman–Crippen LogP) is 2.39. The quantitative estimate of drug-likeness (QED) is 0.782. The van der Waals surface area contributed by atoms with Gasteiger partial charge in [-0.1, -0.05) is 5.16 Å². The van der Waals surface area contributed by atoms with Crippen LogP contribution in [0.25, 0.3) is 0 Å². The number of amides is 2. The van der Waals surface area contributed by atoms with Gasteiger partial charge in [-0.15, -0.1) is 0 Å². The minimum atomic E-state index is -1.03. The summed E-state index contributed by atoms with van der Waals surface area (Å²) in [5.74, 6) is -0.625. The van der Waals surface area contributed by atoms with Crippen LogP contribution in [0.4, 0.5) is 8.78 Å². The molecule has 3 heterocycles. The number of aromatic nitrogens is 2. The second kappa shape index (κ2) is 7.88. The van der Waals surface area contributed by atoms with Crippen LogP contribution in [0.15, 0.2) is 22.7 Å². The molecule has 0 unspecified atom stereocenters. The average Bonchev–Trinajstić information content (AvgIpc) is 3.15. The zero-order chi connectivity index (χ0) is 20.5. The minimum Gasteiger partial charge on any atom is -0.343 e. The van der Waals surface area contributed by atoms with Crippen molar-refractivity contribution in [1.29, 1.82) is 0 Å². The van der Waals surface area contributed by atoms with E-state index in [9.17, 15) is 18.4 Å². The second-order valence-electron chi connectivity index (χ2n) is 7.74. The van der Waals surface area contributed by atoms with Gasteiger partial charge < -0.3 is 14.3 Å². The van der Waals surface area contributed by atoms with Crippen molar-refractivity contribution in [2.24, 2.45) is 5.92 Å². The van der Waals surface area contributed by atoms with Crippen molar-refractivity contribution in [1.82, 2.24) is 19.9 Å². The predicted molar refractivity (Wildman–Crippen MR) is 98.0 cm³/mol. The van der Waals surface area contributed by atoms with Crippen molar-refractivity contribution >= 4 is 11.8 Å². The largest absolute Gasteiger partial charge is 0.343 e. The lowest BCUT2D eigenvalue weighted by Gasteiger charge is -2.38. The first-order chi connectivity index (χ1) is 13.9. The molecule has 2 aliphatic rings. The third-order valence-electron chi connectivity index (χ3n) is 5.66. The maximum absolute atomic E-state index is 13.3. The maximum Gasteiger partial charge on any atom is 0.253 e. The molecule has 2 aromatic rings. The van der Waals surface area contributed by atoms with Gasteiger partial charge >= 0.3 is 0 Å². The summed E-state index contributed by atoms with van der Waals surface area (Å²) in [5.41, 5.74) is 0.138. The lowest BCUT2D eigenvalue weighted by Crippen LogP contribution is -2.50. The van der Waals surface area contributed by atoms with Gasteiger partial charge in [-0.05, 0) is 31.0 Å². The summed E-state index contributed by atoms with van der Waals surface area (Å²) < 4.78 is 31.7. The van der Waals surface area contributed by atoms with Gasteiger partial charge in [-0.25, -0.2) is 8.78 Å². The maximum atomic E-state index is 13.3. The van der Waals surface area contributed by atoms with Crippen LogP contribution in [0, 0.1) is 17.6 Å². The van der Waals surface area contributed by atoms with Crippen LogP contribution in [0.1, 0.15) is 47.8 Å². The number of carbonyl (C=O) groups is 2. The topological polar surface area (TPSA) is 79.5 Å². The first kappa shape index (κ1) is 19.5. The Hall–Kier alpha value is -2.84. The molecule has 7 nitrogen and oxygen atoms in total. The van der Waals surface area contributed by atoms with Crippen molar-refractivity contribution in [2.75, 3.05) is 26.2 Å². The minimum absolute atomic E-state index is 0.0877. The van der Waals surface area contributed by atoms with E-state index < -0.39 is 11.6 Å². The van der Waals surface area contributed by atoms with Gasteiger partial charge in [0.05, 0.1) is 0 Å². The van der Waals surface area contributed by atoms with Crippen molar-refractivity contribution in [3.63, 3.8) is 0 Å². The molecule has 2 aliphatic heterocycles. The van der Waals surface area contributed by atoms with E-state index in [-0.39, 0.29) is 29.2 Å². The molecule has 1 aromatic heterocycles. The third kappa shape index (κ3) is 4.13. The number of halogens is 2. The Bertz CT molecular complexity index is 918. The molecule has 154 valence electrons. The van der Waals surface area contributed by atoms with E-state index in [1.54, 1.807) is 11.8 Å². The fraction of sp³-hybridized carbons (Fsp3) is 0.500. The Morgan fingerprint density at radius 3 is 2.52 bits per heavy atom. The van der Waals surface area contributed by atoms with E-state index in [1.165, 1.54) is 6.07 Å². The summed E-state index contributed by atoms with van der Waals surface area (Å²) in [4.78, 5) is 31.7. The van der Waals surface area contributed by atoms with Gasteiger partial charge in [0.15, 0.2) is 17.5 Å². The summed E-state index contributed by atoms with van der Waals surface area (Å²) in [5, 5.41) is 4.09. The molecule has 29 heavy (non-hydrogen) atoms. The number of piperidine rings is 1. The fourth-order valence-corrected chi connectivity index (χ4v) is 3.89. The highest BCUT2D eigenvalue weighted by Crippen LogP contribution is 2.27. The molecule has 0 N–H and O–H groups in total. The molecule has 0 saturated carbocycles. The Kier molecular flexibility index (Phi) is 5.29. The zero-order valence-corrected chi connectivity index (χ0v) is 16.1. The van der Waals surface area contributed by atoms with Gasteiger partial charge in [0.2, 0.25) is 11.8 Å². The number of hydrogen-bond acceptors (Lipinski definition) is 5. The van der Waals surface area contributed by atoms with E-state index in [0.717, 1.165) is 25.0 Å². The number of carbonyl (C=O) groups excluding carboxylic acids is 2. The van der Waals surface area contributed by atoms with Crippen molar-refractivity contribution in [3.8, 4) is 0 Å². The summed E-state index contributed by atoms with van der Waals surface area (Å²) in [6.07, 6.45) is 2.21. The molecular formula is C20H22F2N4O3. The molecule has 2 amide bonds. The van der Waals surface area contributed by atoms with Gasteiger partial charge in [0.1, 0.15) is 0 Å². The van der Waals surface area contributed by atoms with Gasteiger partial charge in [-0.2, -0.15) is 4.98 Å². The fourth-order valence-electron chi connectivity index (χ4n) is 3.89. The highest BCUT2D eigenvalue weighted by molar-refractivity contribution is 5.94. The van der Waals surface area contributed by atoms with Crippen LogP contribution in [0.2, 0.25) is 0 Å². The molecule has 4 rings (SSSR count). The van der Waals surface area contributed by atoms with Crippen molar-refractivity contribution in [3.05, 3.63) is 47.1 Å². The van der Waals surface area contributed by atoms with Crippen LogP contribution >= 0.6 is 0 Å². The molecule has 1 aromatic carbocycles. The van der Waals surface area contributed by atoms with Crippen LogP contribution < -0.4 is 0 Å². The number of rotatable bonds is 4. The van der Waals surface area contributed by atoms with E-state index in [2.05, 4.69) is 10.1 Å². The Morgan fingerprint density at radius 1 is 1.14 bits per heavy atom. The van der Waals surface area contributed by atoms with E-state index in [1.807, 2.05) is 4.90 Å². The lowest BCUT2D eigenvalue weighted by molar-refractivity contribution is -0.129. The molecule has 0 aliphatic carbocycles. The number of hydrogen-bond donors (Lipinski definition) is 0. The Labute approximate surface area is 166 Å². The number of benzene rings is 1. The van der Waals surface area contributed by atoms with Crippen LogP contribution in [0.5, 0.6) is 0 Å². The average molecular weight is 404 g/mol. The number of likely N-dealkylation sites (tertiary alicyclic amines) is 2. The first-order valence-electron chi connectivity index (χ1n) is 9.73. The normalized spacial score (nSPS) is 18.0. The Balaban J connectivity index is 1.27. The van der Waals surface area contributed by atoms with Crippen molar-refractivity contribution < 1.29 is 22.9 Å². The van der Waals surface area contributed by atoms with Crippen LogP contribution in [0.3, 0.4) is 0 Å². The summed E-state index contributed by atoms with van der Waals surface area (Å²) in [6.45, 7) is 3.99. The first-order valence-corrected chi connectivity index (χ1v) is 9.73. The van der Waals surface area contributed by atoms with Crippen molar-refractivity contribution in [2.45, 2.75) is 32.1 Å². The van der Waals surface area contributed by atoms with E-state index in [0.29, 0.717) is 44.3 Å². The highest BCUT2D eigenvalue weighted by Gasteiger charge is 2.33. The SMILES string of the molecule is CC(=O)N1CCC(c2noc(CC3CN(C(=O)c4ccc(F)c(F)c4)C3)n2)CC1. The van der Waals surface area contributed by atoms with E-state index in [4.69, 9.17) is 4.52 Å². The van der Waals surface area contributed by atoms with Crippen LogP contribution in [-0.4, -0.2) is 57.9 Å².